The van der Waals surface area contributed by atoms with Crippen LogP contribution in [0.25, 0.3) is 11.3 Å². The van der Waals surface area contributed by atoms with Crippen molar-refractivity contribution in [2.75, 3.05) is 32.0 Å². The van der Waals surface area contributed by atoms with Crippen LogP contribution in [0.4, 0.5) is 11.5 Å². The summed E-state index contributed by atoms with van der Waals surface area (Å²) < 4.78 is 17.3. The standard InChI is InChI=1S/C22H22N4O5/c1-29-15-7-5-14(6-8-15)23-22(28)17-12-21(27)24-20-11-16(25-26(17)20)13-4-9-18(30-2)19(10-13)31-3/h4-11,17H,12H2,1-3H3,(H,23,28)(H,24,27). The third-order valence-corrected chi connectivity index (χ3v) is 5.02. The molecule has 0 saturated heterocycles. The Kier molecular flexibility index (Phi) is 5.48. The van der Waals surface area contributed by atoms with Gasteiger partial charge in [-0.3, -0.25) is 9.59 Å². The van der Waals surface area contributed by atoms with E-state index in [0.29, 0.717) is 34.4 Å². The smallest absolute Gasteiger partial charge is 0.249 e. The molecule has 3 aromatic rings. The molecular weight excluding hydrogens is 400 g/mol. The van der Waals surface area contributed by atoms with Gasteiger partial charge < -0.3 is 24.8 Å². The van der Waals surface area contributed by atoms with Crippen molar-refractivity contribution in [3.05, 3.63) is 48.5 Å². The summed E-state index contributed by atoms with van der Waals surface area (Å²) in [6, 6.07) is 13.3. The molecule has 31 heavy (non-hydrogen) atoms. The average Bonchev–Trinajstić information content (AvgIpc) is 3.22. The lowest BCUT2D eigenvalue weighted by molar-refractivity contribution is -0.125. The molecule has 2 aromatic carbocycles. The Morgan fingerprint density at radius 3 is 2.45 bits per heavy atom. The maximum absolute atomic E-state index is 12.9. The van der Waals surface area contributed by atoms with Crippen molar-refractivity contribution in [1.29, 1.82) is 0 Å². The van der Waals surface area contributed by atoms with Gasteiger partial charge in [0.1, 0.15) is 17.6 Å². The molecule has 1 aliphatic rings. The molecule has 1 atom stereocenters. The number of benzene rings is 2. The molecule has 2 amide bonds. The Morgan fingerprint density at radius 2 is 1.77 bits per heavy atom. The Labute approximate surface area is 178 Å². The average molecular weight is 422 g/mol. The van der Waals surface area contributed by atoms with Crippen LogP contribution >= 0.6 is 0 Å². The van der Waals surface area contributed by atoms with E-state index in [1.165, 1.54) is 4.68 Å². The number of amides is 2. The van der Waals surface area contributed by atoms with E-state index >= 15 is 0 Å². The molecule has 0 radical (unpaired) electrons. The maximum Gasteiger partial charge on any atom is 0.249 e. The first-order chi connectivity index (χ1) is 15.0. The summed E-state index contributed by atoms with van der Waals surface area (Å²) in [6.45, 7) is 0. The van der Waals surface area contributed by atoms with Gasteiger partial charge in [0, 0.05) is 17.3 Å². The van der Waals surface area contributed by atoms with E-state index < -0.39 is 6.04 Å². The summed E-state index contributed by atoms with van der Waals surface area (Å²) in [6.07, 6.45) is -0.0119. The minimum atomic E-state index is -0.778. The molecule has 1 aromatic heterocycles. The van der Waals surface area contributed by atoms with Gasteiger partial charge in [-0.05, 0) is 42.5 Å². The van der Waals surface area contributed by atoms with Crippen LogP contribution in [0, 0.1) is 0 Å². The lowest BCUT2D eigenvalue weighted by Crippen LogP contribution is -2.35. The first-order valence-electron chi connectivity index (χ1n) is 9.59. The van der Waals surface area contributed by atoms with Gasteiger partial charge in [0.2, 0.25) is 11.8 Å². The van der Waals surface area contributed by atoms with Crippen LogP contribution in [0.1, 0.15) is 12.5 Å². The van der Waals surface area contributed by atoms with Crippen molar-refractivity contribution in [1.82, 2.24) is 9.78 Å². The normalized spacial score (nSPS) is 14.9. The Morgan fingerprint density at radius 1 is 1.03 bits per heavy atom. The molecule has 2 N–H and O–H groups in total. The van der Waals surface area contributed by atoms with Crippen molar-refractivity contribution in [3.8, 4) is 28.5 Å². The Balaban J connectivity index is 1.62. The monoisotopic (exact) mass is 422 g/mol. The van der Waals surface area contributed by atoms with Gasteiger partial charge in [-0.25, -0.2) is 4.68 Å². The molecule has 1 aliphatic heterocycles. The number of fused-ring (bicyclic) bond motifs is 1. The van der Waals surface area contributed by atoms with E-state index in [0.717, 1.165) is 5.56 Å². The topological polar surface area (TPSA) is 104 Å². The van der Waals surface area contributed by atoms with Gasteiger partial charge >= 0.3 is 0 Å². The summed E-state index contributed by atoms with van der Waals surface area (Å²) in [5.41, 5.74) is 1.97. The van der Waals surface area contributed by atoms with Crippen molar-refractivity contribution >= 4 is 23.3 Å². The summed E-state index contributed by atoms with van der Waals surface area (Å²) in [7, 11) is 4.69. The Bertz CT molecular complexity index is 1120. The van der Waals surface area contributed by atoms with Crippen LogP contribution in [0.15, 0.2) is 48.5 Å². The van der Waals surface area contributed by atoms with E-state index in [2.05, 4.69) is 15.7 Å². The van der Waals surface area contributed by atoms with E-state index in [4.69, 9.17) is 14.2 Å². The lowest BCUT2D eigenvalue weighted by Gasteiger charge is -2.23. The molecule has 0 aliphatic carbocycles. The Hall–Kier alpha value is -4.01. The van der Waals surface area contributed by atoms with E-state index in [1.807, 2.05) is 6.07 Å². The van der Waals surface area contributed by atoms with E-state index in [-0.39, 0.29) is 18.2 Å². The fourth-order valence-corrected chi connectivity index (χ4v) is 3.42. The first kappa shape index (κ1) is 20.3. The molecule has 1 unspecified atom stereocenters. The summed E-state index contributed by atoms with van der Waals surface area (Å²) >= 11 is 0. The predicted molar refractivity (Wildman–Crippen MR) is 115 cm³/mol. The molecule has 2 heterocycles. The van der Waals surface area contributed by atoms with Crippen molar-refractivity contribution in [2.45, 2.75) is 12.5 Å². The molecule has 4 rings (SSSR count). The van der Waals surface area contributed by atoms with Crippen LogP contribution in [-0.2, 0) is 9.59 Å². The number of hydrogen-bond acceptors (Lipinski definition) is 6. The fraction of sp³-hybridized carbons (Fsp3) is 0.227. The number of carbonyl (C=O) groups is 2. The minimum absolute atomic E-state index is 0.0119. The number of rotatable bonds is 6. The minimum Gasteiger partial charge on any atom is -0.497 e. The molecular formula is C22H22N4O5. The maximum atomic E-state index is 12.9. The zero-order valence-corrected chi connectivity index (χ0v) is 17.3. The molecule has 0 fully saturated rings. The highest BCUT2D eigenvalue weighted by molar-refractivity contribution is 6.01. The SMILES string of the molecule is COc1ccc(NC(=O)C2CC(=O)Nc3cc(-c4ccc(OC)c(OC)c4)nn32)cc1. The highest BCUT2D eigenvalue weighted by Gasteiger charge is 2.32. The van der Waals surface area contributed by atoms with Crippen LogP contribution < -0.4 is 24.8 Å². The van der Waals surface area contributed by atoms with Crippen LogP contribution in [0.5, 0.6) is 17.2 Å². The second-order valence-corrected chi connectivity index (χ2v) is 6.92. The van der Waals surface area contributed by atoms with Gasteiger partial charge in [-0.1, -0.05) is 0 Å². The number of anilines is 2. The second-order valence-electron chi connectivity index (χ2n) is 6.92. The lowest BCUT2D eigenvalue weighted by atomic mass is 10.1. The number of ether oxygens (including phenoxy) is 3. The number of aromatic nitrogens is 2. The largest absolute Gasteiger partial charge is 0.497 e. The summed E-state index contributed by atoms with van der Waals surface area (Å²) in [5.74, 6) is 1.72. The van der Waals surface area contributed by atoms with E-state index in [9.17, 15) is 9.59 Å². The summed E-state index contributed by atoms with van der Waals surface area (Å²) in [5, 5.41) is 10.2. The highest BCUT2D eigenvalue weighted by atomic mass is 16.5. The summed E-state index contributed by atoms with van der Waals surface area (Å²) in [4.78, 5) is 25.2. The molecule has 160 valence electrons. The number of carbonyl (C=O) groups excluding carboxylic acids is 2. The quantitative estimate of drug-likeness (QED) is 0.633. The van der Waals surface area contributed by atoms with Gasteiger partial charge in [0.25, 0.3) is 0 Å². The number of nitrogens with zero attached hydrogens (tertiary/aromatic N) is 2. The number of methoxy groups -OCH3 is 3. The highest BCUT2D eigenvalue weighted by Crippen LogP contribution is 2.35. The third-order valence-electron chi connectivity index (χ3n) is 5.02. The fourth-order valence-electron chi connectivity index (χ4n) is 3.42. The first-order valence-corrected chi connectivity index (χ1v) is 9.59. The van der Waals surface area contributed by atoms with Gasteiger partial charge in [-0.2, -0.15) is 5.10 Å². The van der Waals surface area contributed by atoms with Crippen molar-refractivity contribution < 1.29 is 23.8 Å². The van der Waals surface area contributed by atoms with E-state index in [1.54, 1.807) is 63.8 Å². The van der Waals surface area contributed by atoms with Crippen LogP contribution in [-0.4, -0.2) is 42.9 Å². The van der Waals surface area contributed by atoms with Crippen molar-refractivity contribution in [3.63, 3.8) is 0 Å². The zero-order chi connectivity index (χ0) is 22.0. The van der Waals surface area contributed by atoms with Crippen LogP contribution in [0.2, 0.25) is 0 Å². The number of hydrogen-bond donors (Lipinski definition) is 2. The zero-order valence-electron chi connectivity index (χ0n) is 17.3. The van der Waals surface area contributed by atoms with Gasteiger partial charge in [-0.15, -0.1) is 0 Å². The van der Waals surface area contributed by atoms with Crippen LogP contribution in [0.3, 0.4) is 0 Å². The molecule has 9 heteroatoms. The number of nitrogens with one attached hydrogen (secondary N) is 2. The predicted octanol–water partition coefficient (Wildman–Crippen LogP) is 3.10. The molecule has 0 bridgehead atoms. The second kappa shape index (κ2) is 8.39. The van der Waals surface area contributed by atoms with Gasteiger partial charge in [0.15, 0.2) is 11.5 Å². The molecule has 0 spiro atoms. The molecule has 9 nitrogen and oxygen atoms in total. The van der Waals surface area contributed by atoms with Gasteiger partial charge in [0.05, 0.1) is 33.4 Å². The molecule has 0 saturated carbocycles. The van der Waals surface area contributed by atoms with Crippen molar-refractivity contribution in [2.24, 2.45) is 0 Å². The third kappa shape index (κ3) is 4.02.